The van der Waals surface area contributed by atoms with Gasteiger partial charge in [-0.1, -0.05) is 28.1 Å². The van der Waals surface area contributed by atoms with Gasteiger partial charge in [-0.25, -0.2) is 9.18 Å². The normalized spacial score (nSPS) is 17.2. The second kappa shape index (κ2) is 6.45. The van der Waals surface area contributed by atoms with Crippen LogP contribution in [-0.2, 0) is 11.3 Å². The average Bonchev–Trinajstić information content (AvgIpc) is 3.16. The summed E-state index contributed by atoms with van der Waals surface area (Å²) >= 11 is 3.41. The van der Waals surface area contributed by atoms with Crippen LogP contribution in [0.4, 0.5) is 9.18 Å². The summed E-state index contributed by atoms with van der Waals surface area (Å²) in [5.41, 5.74) is 1.47. The van der Waals surface area contributed by atoms with Crippen molar-refractivity contribution in [3.05, 3.63) is 63.5 Å². The standard InChI is InChI=1S/C18H12BrFN2O4/c19-13-7-16-15(25-9-26-16)6-11(13)5-14-17(23)22(18(24)21-14)8-10-1-3-12(20)4-2-10/h1-7H,8-9H2,(H,21,24). The first-order chi connectivity index (χ1) is 12.5. The first-order valence-electron chi connectivity index (χ1n) is 7.69. The van der Waals surface area contributed by atoms with Crippen LogP contribution in [0.5, 0.6) is 11.5 Å². The summed E-state index contributed by atoms with van der Waals surface area (Å²) in [4.78, 5) is 25.8. The Balaban J connectivity index is 1.59. The van der Waals surface area contributed by atoms with Crippen LogP contribution in [0.25, 0.3) is 6.08 Å². The van der Waals surface area contributed by atoms with Crippen LogP contribution in [0.3, 0.4) is 0 Å². The van der Waals surface area contributed by atoms with Crippen LogP contribution in [0.1, 0.15) is 11.1 Å². The van der Waals surface area contributed by atoms with E-state index in [4.69, 9.17) is 9.47 Å². The highest BCUT2D eigenvalue weighted by atomic mass is 79.9. The van der Waals surface area contributed by atoms with Crippen molar-refractivity contribution in [1.82, 2.24) is 10.2 Å². The minimum Gasteiger partial charge on any atom is -0.454 e. The maximum absolute atomic E-state index is 13.0. The number of imide groups is 1. The molecule has 0 bridgehead atoms. The largest absolute Gasteiger partial charge is 0.454 e. The van der Waals surface area contributed by atoms with Crippen LogP contribution in [0, 0.1) is 5.82 Å². The van der Waals surface area contributed by atoms with E-state index in [9.17, 15) is 14.0 Å². The zero-order valence-electron chi connectivity index (χ0n) is 13.3. The van der Waals surface area contributed by atoms with Crippen LogP contribution in [-0.4, -0.2) is 23.6 Å². The van der Waals surface area contributed by atoms with Crippen molar-refractivity contribution in [3.63, 3.8) is 0 Å². The van der Waals surface area contributed by atoms with Gasteiger partial charge in [0.1, 0.15) is 11.5 Å². The molecule has 26 heavy (non-hydrogen) atoms. The molecule has 1 N–H and O–H groups in total. The predicted molar refractivity (Wildman–Crippen MR) is 93.7 cm³/mol. The van der Waals surface area contributed by atoms with E-state index in [2.05, 4.69) is 21.2 Å². The third-order valence-corrected chi connectivity index (χ3v) is 4.69. The lowest BCUT2D eigenvalue weighted by Crippen LogP contribution is -2.30. The summed E-state index contributed by atoms with van der Waals surface area (Å²) in [7, 11) is 0. The number of nitrogens with zero attached hydrogens (tertiary/aromatic N) is 1. The van der Waals surface area contributed by atoms with E-state index in [0.717, 1.165) is 4.90 Å². The monoisotopic (exact) mass is 418 g/mol. The molecule has 4 rings (SSSR count). The van der Waals surface area contributed by atoms with E-state index in [1.165, 1.54) is 24.3 Å². The summed E-state index contributed by atoms with van der Waals surface area (Å²) in [6, 6.07) is 8.58. The SMILES string of the molecule is O=C1NC(=Cc2cc3c(cc2Br)OCO3)C(=O)N1Cc1ccc(F)cc1. The molecule has 2 aliphatic rings. The minimum absolute atomic E-state index is 0.0601. The molecule has 0 radical (unpaired) electrons. The molecule has 0 aliphatic carbocycles. The molecule has 0 atom stereocenters. The molecule has 2 aliphatic heterocycles. The predicted octanol–water partition coefficient (Wildman–Crippen LogP) is 3.41. The van der Waals surface area contributed by atoms with Gasteiger partial charge in [-0.2, -0.15) is 0 Å². The summed E-state index contributed by atoms with van der Waals surface area (Å²) in [6.45, 7) is 0.202. The smallest absolute Gasteiger partial charge is 0.329 e. The first-order valence-corrected chi connectivity index (χ1v) is 8.49. The highest BCUT2D eigenvalue weighted by Crippen LogP contribution is 2.37. The van der Waals surface area contributed by atoms with Crippen molar-refractivity contribution in [2.24, 2.45) is 0 Å². The fourth-order valence-corrected chi connectivity index (χ4v) is 3.12. The van der Waals surface area contributed by atoms with E-state index < -0.39 is 11.9 Å². The van der Waals surface area contributed by atoms with E-state index in [0.29, 0.717) is 27.1 Å². The summed E-state index contributed by atoms with van der Waals surface area (Å²) in [5, 5.41) is 2.56. The number of urea groups is 1. The number of ether oxygens (including phenoxy) is 2. The van der Waals surface area contributed by atoms with Gasteiger partial charge in [-0.05, 0) is 41.5 Å². The molecule has 0 aromatic heterocycles. The second-order valence-electron chi connectivity index (χ2n) is 5.73. The molecule has 8 heteroatoms. The van der Waals surface area contributed by atoms with Crippen molar-refractivity contribution in [2.45, 2.75) is 6.54 Å². The summed E-state index contributed by atoms with van der Waals surface area (Å²) in [5.74, 6) is 0.349. The quantitative estimate of drug-likeness (QED) is 0.612. The van der Waals surface area contributed by atoms with Gasteiger partial charge in [0.2, 0.25) is 6.79 Å². The minimum atomic E-state index is -0.526. The number of carbonyl (C=O) groups is 2. The van der Waals surface area contributed by atoms with Gasteiger partial charge in [0.15, 0.2) is 11.5 Å². The van der Waals surface area contributed by atoms with Crippen molar-refractivity contribution in [1.29, 1.82) is 0 Å². The number of rotatable bonds is 3. The maximum Gasteiger partial charge on any atom is 0.329 e. The number of halogens is 2. The molecule has 1 saturated heterocycles. The van der Waals surface area contributed by atoms with Crippen molar-refractivity contribution >= 4 is 33.9 Å². The zero-order valence-corrected chi connectivity index (χ0v) is 14.9. The van der Waals surface area contributed by atoms with Crippen LogP contribution >= 0.6 is 15.9 Å². The number of fused-ring (bicyclic) bond motifs is 1. The Hall–Kier alpha value is -2.87. The third kappa shape index (κ3) is 3.03. The molecule has 6 nitrogen and oxygen atoms in total. The number of amides is 3. The Morgan fingerprint density at radius 1 is 1.15 bits per heavy atom. The topological polar surface area (TPSA) is 67.9 Å². The summed E-state index contributed by atoms with van der Waals surface area (Å²) < 4.78 is 24.3. The molecule has 0 unspecified atom stereocenters. The molecule has 1 fully saturated rings. The maximum atomic E-state index is 13.0. The molecule has 2 aromatic rings. The second-order valence-corrected chi connectivity index (χ2v) is 6.59. The van der Waals surface area contributed by atoms with E-state index in [-0.39, 0.29) is 24.9 Å². The first kappa shape index (κ1) is 16.6. The van der Waals surface area contributed by atoms with E-state index >= 15 is 0 Å². The number of benzene rings is 2. The fraction of sp³-hybridized carbons (Fsp3) is 0.111. The number of carbonyl (C=O) groups excluding carboxylic acids is 2. The Morgan fingerprint density at radius 2 is 1.85 bits per heavy atom. The van der Waals surface area contributed by atoms with Crippen LogP contribution in [0.2, 0.25) is 0 Å². The van der Waals surface area contributed by atoms with Crippen molar-refractivity contribution in [2.75, 3.05) is 6.79 Å². The lowest BCUT2D eigenvalue weighted by Gasteiger charge is -2.11. The fourth-order valence-electron chi connectivity index (χ4n) is 2.69. The van der Waals surface area contributed by atoms with Gasteiger partial charge in [-0.15, -0.1) is 0 Å². The Kier molecular flexibility index (Phi) is 4.12. The Labute approximate surface area is 156 Å². The van der Waals surface area contributed by atoms with E-state index in [1.54, 1.807) is 18.2 Å². The molecule has 0 saturated carbocycles. The van der Waals surface area contributed by atoms with Gasteiger partial charge >= 0.3 is 6.03 Å². The highest BCUT2D eigenvalue weighted by molar-refractivity contribution is 9.10. The number of hydrogen-bond acceptors (Lipinski definition) is 4. The van der Waals surface area contributed by atoms with Gasteiger partial charge < -0.3 is 14.8 Å². The van der Waals surface area contributed by atoms with E-state index in [1.807, 2.05) is 0 Å². The lowest BCUT2D eigenvalue weighted by molar-refractivity contribution is -0.123. The molecular formula is C18H12BrFN2O4. The van der Waals surface area contributed by atoms with Gasteiger partial charge in [0.05, 0.1) is 6.54 Å². The highest BCUT2D eigenvalue weighted by Gasteiger charge is 2.33. The zero-order chi connectivity index (χ0) is 18.3. The summed E-state index contributed by atoms with van der Waals surface area (Å²) in [6.07, 6.45) is 1.57. The third-order valence-electron chi connectivity index (χ3n) is 4.01. The Morgan fingerprint density at radius 3 is 2.58 bits per heavy atom. The molecular weight excluding hydrogens is 407 g/mol. The average molecular weight is 419 g/mol. The van der Waals surface area contributed by atoms with Gasteiger partial charge in [0.25, 0.3) is 5.91 Å². The Bertz CT molecular complexity index is 943. The van der Waals surface area contributed by atoms with Crippen molar-refractivity contribution < 1.29 is 23.5 Å². The number of nitrogens with one attached hydrogen (secondary N) is 1. The van der Waals surface area contributed by atoms with Crippen LogP contribution in [0.15, 0.2) is 46.6 Å². The lowest BCUT2D eigenvalue weighted by atomic mass is 10.1. The van der Waals surface area contributed by atoms with Crippen LogP contribution < -0.4 is 14.8 Å². The molecule has 2 aromatic carbocycles. The molecule has 0 spiro atoms. The molecule has 3 amide bonds. The van der Waals surface area contributed by atoms with Gasteiger partial charge in [-0.3, -0.25) is 9.69 Å². The molecule has 2 heterocycles. The molecule has 132 valence electrons. The van der Waals surface area contributed by atoms with Gasteiger partial charge in [0, 0.05) is 4.47 Å². The van der Waals surface area contributed by atoms with Crippen molar-refractivity contribution in [3.8, 4) is 11.5 Å². The number of hydrogen-bond donors (Lipinski definition) is 1.